The van der Waals surface area contributed by atoms with Gasteiger partial charge in [0.15, 0.2) is 0 Å². The average Bonchev–Trinajstić information content (AvgIpc) is 2.75. The number of amides is 1. The number of rotatable bonds is 5. The summed E-state index contributed by atoms with van der Waals surface area (Å²) in [6.07, 6.45) is -0.124. The number of hydrogen-bond acceptors (Lipinski definition) is 6. The highest BCUT2D eigenvalue weighted by molar-refractivity contribution is 9.10. The van der Waals surface area contributed by atoms with E-state index in [0.717, 1.165) is 17.0 Å². The number of carboxylic acid groups (broad SMARTS) is 1. The summed E-state index contributed by atoms with van der Waals surface area (Å²) in [7, 11) is -3.79. The van der Waals surface area contributed by atoms with Gasteiger partial charge in [0.25, 0.3) is 5.69 Å². The van der Waals surface area contributed by atoms with E-state index >= 15 is 0 Å². The van der Waals surface area contributed by atoms with Crippen LogP contribution in [-0.4, -0.2) is 42.6 Å². The number of nitrogens with two attached hydrogens (primary N) is 1. The lowest BCUT2D eigenvalue weighted by molar-refractivity contribution is -0.384. The lowest BCUT2D eigenvalue weighted by Gasteiger charge is -2.18. The minimum Gasteiger partial charge on any atom is -0.478 e. The molecule has 2 rings (SSSR count). The summed E-state index contributed by atoms with van der Waals surface area (Å²) in [6, 6.07) is 1.99. The number of nitrogens with zero attached hydrogens (tertiary/aromatic N) is 2. The molecule has 12 heteroatoms. The average molecular weight is 422 g/mol. The van der Waals surface area contributed by atoms with Gasteiger partial charge in [-0.25, -0.2) is 18.4 Å². The third kappa shape index (κ3) is 3.88. The molecule has 0 bridgehead atoms. The van der Waals surface area contributed by atoms with Gasteiger partial charge in [-0.05, 0) is 22.0 Å². The second kappa shape index (κ2) is 6.45. The maximum absolute atomic E-state index is 12.1. The molecule has 0 radical (unpaired) electrons. The first-order valence-corrected chi connectivity index (χ1v) is 9.02. The van der Waals surface area contributed by atoms with Crippen LogP contribution in [0.5, 0.6) is 0 Å². The highest BCUT2D eigenvalue weighted by Gasteiger charge is 2.37. The monoisotopic (exact) mass is 421 g/mol. The molecule has 1 fully saturated rings. The van der Waals surface area contributed by atoms with Gasteiger partial charge in [-0.2, -0.15) is 0 Å². The predicted molar refractivity (Wildman–Crippen MR) is 86.2 cm³/mol. The van der Waals surface area contributed by atoms with Gasteiger partial charge in [0, 0.05) is 29.4 Å². The van der Waals surface area contributed by atoms with Crippen LogP contribution in [0, 0.1) is 16.0 Å². The number of aromatic carboxylic acids is 1. The summed E-state index contributed by atoms with van der Waals surface area (Å²) in [5.74, 6) is -2.88. The van der Waals surface area contributed by atoms with Crippen molar-refractivity contribution in [1.82, 2.24) is 0 Å². The highest BCUT2D eigenvalue weighted by Crippen LogP contribution is 2.40. The molecule has 0 saturated carbocycles. The Bertz CT molecular complexity index is 839. The Hall–Kier alpha value is -2.05. The Morgan fingerprint density at radius 2 is 2.12 bits per heavy atom. The lowest BCUT2D eigenvalue weighted by atomic mass is 10.1. The van der Waals surface area contributed by atoms with Crippen molar-refractivity contribution in [1.29, 1.82) is 0 Å². The first-order chi connectivity index (χ1) is 11.0. The molecule has 10 nitrogen and oxygen atoms in total. The zero-order valence-electron chi connectivity index (χ0n) is 12.0. The van der Waals surface area contributed by atoms with Crippen molar-refractivity contribution < 1.29 is 28.0 Å². The fourth-order valence-corrected chi connectivity index (χ4v) is 4.10. The largest absolute Gasteiger partial charge is 0.478 e. The van der Waals surface area contributed by atoms with Crippen molar-refractivity contribution in [3.05, 3.63) is 32.3 Å². The Kier molecular flexibility index (Phi) is 4.92. The Morgan fingerprint density at radius 1 is 1.50 bits per heavy atom. The topological polar surface area (TPSA) is 161 Å². The molecule has 130 valence electrons. The highest BCUT2D eigenvalue weighted by atomic mass is 79.9. The van der Waals surface area contributed by atoms with Crippen molar-refractivity contribution >= 4 is 49.2 Å². The van der Waals surface area contributed by atoms with Gasteiger partial charge in [-0.1, -0.05) is 0 Å². The summed E-state index contributed by atoms with van der Waals surface area (Å²) in [6.45, 7) is -0.0683. The van der Waals surface area contributed by atoms with Crippen molar-refractivity contribution in [3.63, 3.8) is 0 Å². The van der Waals surface area contributed by atoms with Crippen LogP contribution in [0.25, 0.3) is 0 Å². The minimum absolute atomic E-state index is 0.0544. The molecule has 24 heavy (non-hydrogen) atoms. The van der Waals surface area contributed by atoms with Crippen LogP contribution in [0.3, 0.4) is 0 Å². The predicted octanol–water partition coefficient (Wildman–Crippen LogP) is 0.697. The number of carbonyl (C=O) groups excluding carboxylic acids is 1. The number of nitro groups is 1. The van der Waals surface area contributed by atoms with Crippen LogP contribution < -0.4 is 10.0 Å². The Labute approximate surface area is 144 Å². The first kappa shape index (κ1) is 18.3. The fraction of sp³-hybridized carbons (Fsp3) is 0.333. The van der Waals surface area contributed by atoms with Crippen LogP contribution in [0.15, 0.2) is 16.6 Å². The number of sulfonamides is 1. The maximum atomic E-state index is 12.1. The number of hydrogen-bond donors (Lipinski definition) is 2. The second-order valence-electron chi connectivity index (χ2n) is 5.29. The van der Waals surface area contributed by atoms with Gasteiger partial charge in [0.1, 0.15) is 5.69 Å². The standard InChI is InChI=1S/C12H12BrN3O7S/c13-8-2-7(12(18)19)3-9(16(20)21)11(8)15-4-6(1-10(15)17)5-24(14,22)23/h2-3,6H,1,4-5H2,(H,18,19)(H2,14,22,23). The van der Waals surface area contributed by atoms with Crippen LogP contribution in [0.1, 0.15) is 16.8 Å². The first-order valence-electron chi connectivity index (χ1n) is 6.51. The molecule has 1 aromatic carbocycles. The molecule has 1 aliphatic heterocycles. The quantitative estimate of drug-likeness (QED) is 0.521. The third-order valence-electron chi connectivity index (χ3n) is 3.43. The number of anilines is 1. The van der Waals surface area contributed by atoms with Crippen LogP contribution >= 0.6 is 15.9 Å². The van der Waals surface area contributed by atoms with Gasteiger partial charge in [-0.15, -0.1) is 0 Å². The molecule has 1 aromatic rings. The Morgan fingerprint density at radius 3 is 2.62 bits per heavy atom. The van der Waals surface area contributed by atoms with Gasteiger partial charge >= 0.3 is 5.97 Å². The fourth-order valence-electron chi connectivity index (χ4n) is 2.55. The van der Waals surface area contributed by atoms with Gasteiger partial charge < -0.3 is 10.0 Å². The van der Waals surface area contributed by atoms with E-state index in [4.69, 9.17) is 10.2 Å². The molecule has 1 amide bonds. The molecule has 0 spiro atoms. The van der Waals surface area contributed by atoms with Crippen molar-refractivity contribution in [2.24, 2.45) is 11.1 Å². The van der Waals surface area contributed by atoms with E-state index in [1.807, 2.05) is 0 Å². The van der Waals surface area contributed by atoms with E-state index in [2.05, 4.69) is 15.9 Å². The van der Waals surface area contributed by atoms with Crippen LogP contribution in [-0.2, 0) is 14.8 Å². The third-order valence-corrected chi connectivity index (χ3v) is 4.97. The van der Waals surface area contributed by atoms with Crippen molar-refractivity contribution in [3.8, 4) is 0 Å². The number of primary sulfonamides is 1. The van der Waals surface area contributed by atoms with Gasteiger partial charge in [0.05, 0.1) is 16.2 Å². The van der Waals surface area contributed by atoms with Gasteiger partial charge in [0.2, 0.25) is 15.9 Å². The summed E-state index contributed by atoms with van der Waals surface area (Å²) in [5, 5.41) is 25.2. The van der Waals surface area contributed by atoms with E-state index in [1.165, 1.54) is 0 Å². The molecule has 1 heterocycles. The number of carboxylic acids is 1. The van der Waals surface area contributed by atoms with E-state index in [9.17, 15) is 28.1 Å². The maximum Gasteiger partial charge on any atom is 0.335 e. The second-order valence-corrected chi connectivity index (χ2v) is 7.81. The Balaban J connectivity index is 2.46. The van der Waals surface area contributed by atoms with E-state index < -0.39 is 44.2 Å². The summed E-state index contributed by atoms with van der Waals surface area (Å²) < 4.78 is 22.4. The lowest BCUT2D eigenvalue weighted by Crippen LogP contribution is -2.28. The molecule has 0 aromatic heterocycles. The zero-order valence-corrected chi connectivity index (χ0v) is 14.4. The molecule has 1 unspecified atom stereocenters. The molecule has 1 saturated heterocycles. The number of halogens is 1. The van der Waals surface area contributed by atoms with Crippen molar-refractivity contribution in [2.45, 2.75) is 6.42 Å². The number of nitro benzene ring substituents is 1. The smallest absolute Gasteiger partial charge is 0.335 e. The molecule has 1 atom stereocenters. The van der Waals surface area contributed by atoms with Crippen LogP contribution in [0.4, 0.5) is 11.4 Å². The summed E-state index contributed by atoms with van der Waals surface area (Å²) in [4.78, 5) is 34.7. The SMILES string of the molecule is NS(=O)(=O)CC1CC(=O)N(c2c(Br)cc(C(=O)O)cc2[N+](=O)[O-])C1. The number of carbonyl (C=O) groups is 2. The minimum atomic E-state index is -3.79. The van der Waals surface area contributed by atoms with E-state index in [1.54, 1.807) is 0 Å². The number of benzene rings is 1. The van der Waals surface area contributed by atoms with Crippen molar-refractivity contribution in [2.75, 3.05) is 17.2 Å². The molecule has 3 N–H and O–H groups in total. The van der Waals surface area contributed by atoms with E-state index in [0.29, 0.717) is 0 Å². The zero-order chi connectivity index (χ0) is 18.2. The van der Waals surface area contributed by atoms with Crippen LogP contribution in [0.2, 0.25) is 0 Å². The normalized spacial score (nSPS) is 18.0. The summed E-state index contributed by atoms with van der Waals surface area (Å²) in [5.41, 5.74) is -0.983. The molecule has 0 aliphatic carbocycles. The molecule has 1 aliphatic rings. The molecular formula is C12H12BrN3O7S. The molecular weight excluding hydrogens is 410 g/mol. The summed E-state index contributed by atoms with van der Waals surface area (Å²) >= 11 is 3.05. The van der Waals surface area contributed by atoms with E-state index in [-0.39, 0.29) is 28.7 Å². The van der Waals surface area contributed by atoms with Gasteiger partial charge in [-0.3, -0.25) is 14.9 Å².